The monoisotopic (exact) mass is 527 g/mol. The molecule has 0 saturated heterocycles. The molecule has 1 aliphatic carbocycles. The Hall–Kier alpha value is -3.88. The van der Waals surface area contributed by atoms with E-state index in [1.807, 2.05) is 18.2 Å². The van der Waals surface area contributed by atoms with Gasteiger partial charge < -0.3 is 5.11 Å². The topological polar surface area (TPSA) is 122 Å². The molecule has 204 valence electrons. The summed E-state index contributed by atoms with van der Waals surface area (Å²) >= 11 is 0. The number of carboxylic acid groups (broad SMARTS) is 1. The first kappa shape index (κ1) is 26.7. The van der Waals surface area contributed by atoms with Crippen molar-refractivity contribution in [3.05, 3.63) is 65.7 Å². The third kappa shape index (κ3) is 6.96. The van der Waals surface area contributed by atoms with Crippen LogP contribution in [0.5, 0.6) is 0 Å². The lowest BCUT2D eigenvalue weighted by Gasteiger charge is -2.27. The third-order valence-electron chi connectivity index (χ3n) is 7.75. The van der Waals surface area contributed by atoms with Crippen molar-refractivity contribution in [1.82, 2.24) is 35.4 Å². The maximum absolute atomic E-state index is 11.1. The summed E-state index contributed by atoms with van der Waals surface area (Å²) in [7, 11) is 0. The Morgan fingerprint density at radius 3 is 2.41 bits per heavy atom. The zero-order valence-corrected chi connectivity index (χ0v) is 22.8. The normalized spacial score (nSPS) is 17.5. The molecule has 2 N–H and O–H groups in total. The van der Waals surface area contributed by atoms with Crippen LogP contribution in [-0.2, 0) is 24.2 Å². The van der Waals surface area contributed by atoms with Gasteiger partial charge in [-0.1, -0.05) is 62.4 Å². The van der Waals surface area contributed by atoms with E-state index in [2.05, 4.69) is 69.5 Å². The molecule has 5 rings (SSSR count). The highest BCUT2D eigenvalue weighted by atomic mass is 16.4. The van der Waals surface area contributed by atoms with Crippen molar-refractivity contribution in [3.63, 3.8) is 0 Å². The number of benzene rings is 2. The van der Waals surface area contributed by atoms with E-state index < -0.39 is 5.97 Å². The van der Waals surface area contributed by atoms with Crippen LogP contribution >= 0.6 is 0 Å². The standard InChI is InChI=1S/C30H37N7O2/c1-20(2)7-16-27-31-28(17-21-8-10-22(11-9-21)18-29(38)39)37(34-27)19-23-12-14-24(15-13-23)25-5-3-4-6-26(25)30-32-35-36-33-30/h3-6,12-15,20-22H,7-11,16-19H2,1-2H3,(H,38,39)(H,32,33,35,36). The van der Waals surface area contributed by atoms with E-state index >= 15 is 0 Å². The van der Waals surface area contributed by atoms with Crippen LogP contribution in [0.2, 0.25) is 0 Å². The van der Waals surface area contributed by atoms with E-state index in [-0.39, 0.29) is 6.42 Å². The fraction of sp³-hybridized carbons (Fsp3) is 0.467. The van der Waals surface area contributed by atoms with Crippen molar-refractivity contribution in [1.29, 1.82) is 0 Å². The molecule has 0 bridgehead atoms. The molecule has 1 saturated carbocycles. The molecule has 0 amide bonds. The van der Waals surface area contributed by atoms with E-state index in [0.29, 0.717) is 30.1 Å². The van der Waals surface area contributed by atoms with Gasteiger partial charge in [-0.2, -0.15) is 10.3 Å². The molecule has 9 nitrogen and oxygen atoms in total. The summed E-state index contributed by atoms with van der Waals surface area (Å²) in [5.41, 5.74) is 4.25. The number of H-pyrrole nitrogens is 1. The average Bonchev–Trinajstić information content (AvgIpc) is 3.59. The SMILES string of the molecule is CC(C)CCc1nc(CC2CCC(CC(=O)O)CC2)n(Cc2ccc(-c3ccccc3-c3nn[nH]n3)cc2)n1. The van der Waals surface area contributed by atoms with Gasteiger partial charge in [-0.25, -0.2) is 9.67 Å². The van der Waals surface area contributed by atoms with Crippen molar-refractivity contribution in [2.45, 2.75) is 71.8 Å². The molecular formula is C30H37N7O2. The summed E-state index contributed by atoms with van der Waals surface area (Å²) in [4.78, 5) is 16.1. The molecule has 0 unspecified atom stereocenters. The van der Waals surface area contributed by atoms with Crippen LogP contribution in [0, 0.1) is 17.8 Å². The molecular weight excluding hydrogens is 490 g/mol. The van der Waals surface area contributed by atoms with Gasteiger partial charge in [-0.3, -0.25) is 4.79 Å². The van der Waals surface area contributed by atoms with Crippen molar-refractivity contribution >= 4 is 5.97 Å². The van der Waals surface area contributed by atoms with Gasteiger partial charge in [0.1, 0.15) is 5.82 Å². The molecule has 2 aromatic carbocycles. The number of carbonyl (C=O) groups is 1. The molecule has 0 aliphatic heterocycles. The Bertz CT molecular complexity index is 1350. The van der Waals surface area contributed by atoms with E-state index in [1.54, 1.807) is 0 Å². The van der Waals surface area contributed by atoms with Crippen LogP contribution in [0.1, 0.15) is 69.6 Å². The molecule has 2 aromatic heterocycles. The minimum absolute atomic E-state index is 0.290. The predicted molar refractivity (Wildman–Crippen MR) is 149 cm³/mol. The van der Waals surface area contributed by atoms with E-state index in [0.717, 1.165) is 73.3 Å². The van der Waals surface area contributed by atoms with E-state index in [9.17, 15) is 4.79 Å². The molecule has 0 spiro atoms. The lowest BCUT2D eigenvalue weighted by Crippen LogP contribution is -2.20. The second kappa shape index (κ2) is 12.3. The molecule has 9 heteroatoms. The first-order valence-corrected chi connectivity index (χ1v) is 14.0. The third-order valence-corrected chi connectivity index (χ3v) is 7.75. The number of nitrogens with one attached hydrogen (secondary N) is 1. The first-order chi connectivity index (χ1) is 18.9. The quantitative estimate of drug-likeness (QED) is 0.261. The fourth-order valence-electron chi connectivity index (χ4n) is 5.54. The van der Waals surface area contributed by atoms with Gasteiger partial charge in [0, 0.05) is 24.8 Å². The van der Waals surface area contributed by atoms with Crippen LogP contribution in [0.3, 0.4) is 0 Å². The molecule has 0 radical (unpaired) electrons. The lowest BCUT2D eigenvalue weighted by molar-refractivity contribution is -0.138. The smallest absolute Gasteiger partial charge is 0.303 e. The number of aromatic amines is 1. The van der Waals surface area contributed by atoms with Gasteiger partial charge in [-0.05, 0) is 71.8 Å². The van der Waals surface area contributed by atoms with E-state index in [1.165, 1.54) is 5.56 Å². The summed E-state index contributed by atoms with van der Waals surface area (Å²) in [6.45, 7) is 5.13. The van der Waals surface area contributed by atoms with Crippen LogP contribution in [0.15, 0.2) is 48.5 Å². The predicted octanol–water partition coefficient (Wildman–Crippen LogP) is 5.59. The van der Waals surface area contributed by atoms with Crippen LogP contribution in [0.4, 0.5) is 0 Å². The number of rotatable bonds is 11. The Morgan fingerprint density at radius 2 is 1.74 bits per heavy atom. The highest BCUT2D eigenvalue weighted by Gasteiger charge is 2.25. The van der Waals surface area contributed by atoms with Gasteiger partial charge in [0.15, 0.2) is 5.82 Å². The molecule has 0 atom stereocenters. The molecule has 1 aliphatic rings. The Kier molecular flexibility index (Phi) is 8.44. The van der Waals surface area contributed by atoms with Crippen LogP contribution in [0.25, 0.3) is 22.5 Å². The summed E-state index contributed by atoms with van der Waals surface area (Å²) < 4.78 is 2.08. The van der Waals surface area contributed by atoms with Gasteiger partial charge in [0.2, 0.25) is 5.82 Å². The lowest BCUT2D eigenvalue weighted by atomic mass is 9.79. The summed E-state index contributed by atoms with van der Waals surface area (Å²) in [6.07, 6.45) is 7.22. The van der Waals surface area contributed by atoms with Crippen molar-refractivity contribution < 1.29 is 9.90 Å². The summed E-state index contributed by atoms with van der Waals surface area (Å²) in [5.74, 6) is 3.30. The van der Waals surface area contributed by atoms with Gasteiger partial charge in [0.05, 0.1) is 6.54 Å². The number of aliphatic carboxylic acids is 1. The van der Waals surface area contributed by atoms with Crippen LogP contribution < -0.4 is 0 Å². The zero-order chi connectivity index (χ0) is 27.2. The highest BCUT2D eigenvalue weighted by Crippen LogP contribution is 2.33. The molecule has 2 heterocycles. The largest absolute Gasteiger partial charge is 0.481 e. The summed E-state index contributed by atoms with van der Waals surface area (Å²) in [5, 5.41) is 28.6. The van der Waals surface area contributed by atoms with Gasteiger partial charge in [-0.15, -0.1) is 10.2 Å². The fourth-order valence-corrected chi connectivity index (χ4v) is 5.54. The van der Waals surface area contributed by atoms with Crippen molar-refractivity contribution in [2.75, 3.05) is 0 Å². The zero-order valence-electron chi connectivity index (χ0n) is 22.8. The number of carboxylic acids is 1. The second-order valence-corrected chi connectivity index (χ2v) is 11.2. The number of hydrogen-bond acceptors (Lipinski definition) is 6. The second-order valence-electron chi connectivity index (χ2n) is 11.2. The van der Waals surface area contributed by atoms with Gasteiger partial charge >= 0.3 is 5.97 Å². The molecule has 4 aromatic rings. The number of nitrogens with zero attached hydrogens (tertiary/aromatic N) is 6. The minimum Gasteiger partial charge on any atom is -0.481 e. The maximum atomic E-state index is 11.1. The van der Waals surface area contributed by atoms with E-state index in [4.69, 9.17) is 15.2 Å². The Labute approximate surface area is 229 Å². The average molecular weight is 528 g/mol. The van der Waals surface area contributed by atoms with Crippen molar-refractivity contribution in [3.8, 4) is 22.5 Å². The van der Waals surface area contributed by atoms with Gasteiger partial charge in [0.25, 0.3) is 0 Å². The number of tetrazole rings is 1. The first-order valence-electron chi connectivity index (χ1n) is 14.0. The highest BCUT2D eigenvalue weighted by molar-refractivity contribution is 5.80. The maximum Gasteiger partial charge on any atom is 0.303 e. The number of hydrogen-bond donors (Lipinski definition) is 2. The molecule has 39 heavy (non-hydrogen) atoms. The Balaban J connectivity index is 1.31. The molecule has 1 fully saturated rings. The van der Waals surface area contributed by atoms with Crippen LogP contribution in [-0.4, -0.2) is 46.5 Å². The summed E-state index contributed by atoms with van der Waals surface area (Å²) in [6, 6.07) is 16.6. The minimum atomic E-state index is -0.683. The Morgan fingerprint density at radius 1 is 1.03 bits per heavy atom. The number of aromatic nitrogens is 7. The number of aryl methyl sites for hydroxylation is 1. The van der Waals surface area contributed by atoms with Crippen molar-refractivity contribution in [2.24, 2.45) is 17.8 Å².